The van der Waals surface area contributed by atoms with Gasteiger partial charge in [0.05, 0.1) is 18.4 Å². The van der Waals surface area contributed by atoms with Gasteiger partial charge in [0.2, 0.25) is 11.8 Å². The summed E-state index contributed by atoms with van der Waals surface area (Å²) in [6, 6.07) is 10.2. The first-order valence-corrected chi connectivity index (χ1v) is 10.8. The Balaban J connectivity index is 1.53. The molecule has 1 aromatic carbocycles. The molecule has 0 saturated carbocycles. The van der Waals surface area contributed by atoms with Gasteiger partial charge in [-0.3, -0.25) is 9.59 Å². The number of halogens is 1. The first kappa shape index (κ1) is 21.5. The summed E-state index contributed by atoms with van der Waals surface area (Å²) in [6.07, 6.45) is 1.84. The van der Waals surface area contributed by atoms with Gasteiger partial charge in [-0.05, 0) is 56.1 Å². The molecule has 156 valence electrons. The van der Waals surface area contributed by atoms with Crippen LogP contribution < -0.4 is 5.32 Å². The van der Waals surface area contributed by atoms with E-state index >= 15 is 0 Å². The Kier molecular flexibility index (Phi) is 7.39. The van der Waals surface area contributed by atoms with Crippen molar-refractivity contribution in [3.8, 4) is 0 Å². The molecule has 2 amide bonds. The van der Waals surface area contributed by atoms with Gasteiger partial charge in [-0.2, -0.15) is 0 Å². The minimum absolute atomic E-state index is 0.00712. The smallest absolute Gasteiger partial charge is 0.227 e. The number of likely N-dealkylation sites (N-methyl/N-ethyl adjacent to an activating group) is 1. The summed E-state index contributed by atoms with van der Waals surface area (Å²) >= 11 is 1.68. The molecule has 2 atom stereocenters. The molecule has 29 heavy (non-hydrogen) atoms. The van der Waals surface area contributed by atoms with Crippen LogP contribution in [0, 0.1) is 11.7 Å². The number of likely N-dealkylation sites (tertiary alicyclic amines) is 1. The average Bonchev–Trinajstić information content (AvgIpc) is 3.24. The van der Waals surface area contributed by atoms with Gasteiger partial charge in [-0.25, -0.2) is 4.39 Å². The maximum atomic E-state index is 13.0. The molecule has 1 fully saturated rings. The van der Waals surface area contributed by atoms with E-state index in [1.165, 1.54) is 17.0 Å². The van der Waals surface area contributed by atoms with Crippen molar-refractivity contribution in [1.82, 2.24) is 15.1 Å². The van der Waals surface area contributed by atoms with Gasteiger partial charge in [-0.15, -0.1) is 11.3 Å². The molecule has 0 bridgehead atoms. The van der Waals surface area contributed by atoms with Crippen LogP contribution in [0.5, 0.6) is 0 Å². The quantitative estimate of drug-likeness (QED) is 0.753. The Morgan fingerprint density at radius 1 is 1.28 bits per heavy atom. The van der Waals surface area contributed by atoms with Crippen molar-refractivity contribution >= 4 is 23.2 Å². The van der Waals surface area contributed by atoms with Crippen LogP contribution >= 0.6 is 11.3 Å². The zero-order chi connectivity index (χ0) is 20.8. The molecule has 2 unspecified atom stereocenters. The van der Waals surface area contributed by atoms with Crippen molar-refractivity contribution in [3.05, 3.63) is 58.0 Å². The van der Waals surface area contributed by atoms with Crippen LogP contribution in [0.2, 0.25) is 0 Å². The SMILES string of the molecule is CN(C)C(CNC(=O)C1CCCN(C(=O)Cc2ccc(F)cc2)C1)c1cccs1. The van der Waals surface area contributed by atoms with Crippen LogP contribution in [0.25, 0.3) is 0 Å². The van der Waals surface area contributed by atoms with Crippen molar-refractivity contribution in [3.63, 3.8) is 0 Å². The molecule has 0 spiro atoms. The van der Waals surface area contributed by atoms with Crippen molar-refractivity contribution < 1.29 is 14.0 Å². The predicted octanol–water partition coefficient (Wildman–Crippen LogP) is 3.09. The molecule has 1 aliphatic rings. The van der Waals surface area contributed by atoms with Crippen LogP contribution in [0.4, 0.5) is 4.39 Å². The Hall–Kier alpha value is -2.25. The number of amides is 2. The number of carbonyl (C=O) groups is 2. The van der Waals surface area contributed by atoms with E-state index in [4.69, 9.17) is 0 Å². The minimum Gasteiger partial charge on any atom is -0.354 e. The lowest BCUT2D eigenvalue weighted by Gasteiger charge is -2.33. The number of hydrogen-bond acceptors (Lipinski definition) is 4. The Morgan fingerprint density at radius 2 is 2.03 bits per heavy atom. The summed E-state index contributed by atoms with van der Waals surface area (Å²) in [7, 11) is 4.01. The Morgan fingerprint density at radius 3 is 2.69 bits per heavy atom. The van der Waals surface area contributed by atoms with Gasteiger partial charge in [0.1, 0.15) is 5.82 Å². The van der Waals surface area contributed by atoms with Crippen LogP contribution in [0.3, 0.4) is 0 Å². The molecule has 2 heterocycles. The van der Waals surface area contributed by atoms with Gasteiger partial charge < -0.3 is 15.1 Å². The number of nitrogens with one attached hydrogen (secondary N) is 1. The van der Waals surface area contributed by atoms with E-state index < -0.39 is 0 Å². The Bertz CT molecular complexity index is 808. The normalized spacial score (nSPS) is 17.9. The van der Waals surface area contributed by atoms with E-state index in [9.17, 15) is 14.0 Å². The summed E-state index contributed by atoms with van der Waals surface area (Å²) in [6.45, 7) is 1.66. The number of hydrogen-bond donors (Lipinski definition) is 1. The zero-order valence-electron chi connectivity index (χ0n) is 16.9. The summed E-state index contributed by atoms with van der Waals surface area (Å²) in [5.41, 5.74) is 0.785. The van der Waals surface area contributed by atoms with E-state index in [1.807, 2.05) is 25.5 Å². The largest absolute Gasteiger partial charge is 0.354 e. The summed E-state index contributed by atoms with van der Waals surface area (Å²) in [4.78, 5) is 30.5. The molecule has 1 saturated heterocycles. The van der Waals surface area contributed by atoms with E-state index in [2.05, 4.69) is 16.3 Å². The predicted molar refractivity (Wildman–Crippen MR) is 113 cm³/mol. The number of benzene rings is 1. The van der Waals surface area contributed by atoms with Crippen LogP contribution in [0.1, 0.15) is 29.3 Å². The van der Waals surface area contributed by atoms with Gasteiger partial charge >= 0.3 is 0 Å². The lowest BCUT2D eigenvalue weighted by atomic mass is 9.96. The lowest BCUT2D eigenvalue weighted by molar-refractivity contribution is -0.135. The lowest BCUT2D eigenvalue weighted by Crippen LogP contribution is -2.47. The third kappa shape index (κ3) is 5.87. The van der Waals surface area contributed by atoms with Crippen molar-refractivity contribution in [2.24, 2.45) is 5.92 Å². The third-order valence-corrected chi connectivity index (χ3v) is 6.35. The highest BCUT2D eigenvalue weighted by molar-refractivity contribution is 7.10. The molecular weight excluding hydrogens is 389 g/mol. The summed E-state index contributed by atoms with van der Waals surface area (Å²) < 4.78 is 13.0. The highest BCUT2D eigenvalue weighted by Gasteiger charge is 2.29. The minimum atomic E-state index is -0.311. The highest BCUT2D eigenvalue weighted by atomic mass is 32.1. The first-order valence-electron chi connectivity index (χ1n) is 9.94. The topological polar surface area (TPSA) is 52.7 Å². The van der Waals surface area contributed by atoms with E-state index in [1.54, 1.807) is 28.4 Å². The fraction of sp³-hybridized carbons (Fsp3) is 0.455. The molecule has 1 aliphatic heterocycles. The average molecular weight is 418 g/mol. The van der Waals surface area contributed by atoms with E-state index in [0.29, 0.717) is 19.6 Å². The van der Waals surface area contributed by atoms with E-state index in [0.717, 1.165) is 18.4 Å². The monoisotopic (exact) mass is 417 g/mol. The molecule has 1 N–H and O–H groups in total. The number of carbonyl (C=O) groups excluding carboxylic acids is 2. The highest BCUT2D eigenvalue weighted by Crippen LogP contribution is 2.23. The second kappa shape index (κ2) is 9.98. The molecule has 5 nitrogen and oxygen atoms in total. The number of rotatable bonds is 7. The summed E-state index contributed by atoms with van der Waals surface area (Å²) in [5, 5.41) is 5.12. The fourth-order valence-electron chi connectivity index (χ4n) is 3.67. The standard InChI is InChI=1S/C22H28FN3O2S/c1-25(2)19(20-6-4-12-29-20)14-24-22(28)17-5-3-11-26(15-17)21(27)13-16-7-9-18(23)10-8-16/h4,6-10,12,17,19H,3,5,11,13-15H2,1-2H3,(H,24,28). The van der Waals surface area contributed by atoms with Crippen molar-refractivity contribution in [2.75, 3.05) is 33.7 Å². The number of nitrogens with zero attached hydrogens (tertiary/aromatic N) is 2. The molecule has 1 aromatic heterocycles. The second-order valence-electron chi connectivity index (χ2n) is 7.72. The third-order valence-electron chi connectivity index (χ3n) is 5.38. The molecular formula is C22H28FN3O2S. The molecule has 0 aliphatic carbocycles. The van der Waals surface area contributed by atoms with Crippen molar-refractivity contribution in [1.29, 1.82) is 0 Å². The van der Waals surface area contributed by atoms with Gasteiger partial charge in [-0.1, -0.05) is 18.2 Å². The number of piperidine rings is 1. The zero-order valence-corrected chi connectivity index (χ0v) is 17.8. The summed E-state index contributed by atoms with van der Waals surface area (Å²) in [5.74, 6) is -0.506. The van der Waals surface area contributed by atoms with Crippen molar-refractivity contribution in [2.45, 2.75) is 25.3 Å². The Labute approximate surface area is 175 Å². The molecule has 3 rings (SSSR count). The van der Waals surface area contributed by atoms with Gasteiger partial charge in [0.15, 0.2) is 0 Å². The van der Waals surface area contributed by atoms with Crippen LogP contribution in [-0.2, 0) is 16.0 Å². The number of thiophene rings is 1. The fourth-order valence-corrected chi connectivity index (χ4v) is 4.59. The van der Waals surface area contributed by atoms with E-state index in [-0.39, 0.29) is 36.0 Å². The van der Waals surface area contributed by atoms with Crippen LogP contribution in [0.15, 0.2) is 41.8 Å². The van der Waals surface area contributed by atoms with Gasteiger partial charge in [0, 0.05) is 24.5 Å². The first-order chi connectivity index (χ1) is 13.9. The molecule has 2 aromatic rings. The van der Waals surface area contributed by atoms with Crippen LogP contribution in [-0.4, -0.2) is 55.3 Å². The maximum absolute atomic E-state index is 13.0. The maximum Gasteiger partial charge on any atom is 0.227 e. The second-order valence-corrected chi connectivity index (χ2v) is 8.70. The molecule has 0 radical (unpaired) electrons. The van der Waals surface area contributed by atoms with Gasteiger partial charge in [0.25, 0.3) is 0 Å². The molecule has 7 heteroatoms.